The van der Waals surface area contributed by atoms with Crippen molar-refractivity contribution in [2.24, 2.45) is 0 Å². The van der Waals surface area contributed by atoms with E-state index in [0.29, 0.717) is 13.0 Å². The van der Waals surface area contributed by atoms with Gasteiger partial charge >= 0.3 is 0 Å². The molecule has 3 rings (SSSR count). The Bertz CT molecular complexity index is 670. The van der Waals surface area contributed by atoms with Crippen LogP contribution in [0.25, 0.3) is 0 Å². The monoisotopic (exact) mass is 402 g/mol. The van der Waals surface area contributed by atoms with Crippen molar-refractivity contribution < 1.29 is 9.53 Å². The fraction of sp³-hybridized carbons (Fsp3) is 0.350. The SMILES string of the molecule is O=C(Cc1ccc(Br)cc1)NCC(c1ccccc1)N1CCOCC1. The summed E-state index contributed by atoms with van der Waals surface area (Å²) >= 11 is 3.42. The molecule has 1 aliphatic heterocycles. The van der Waals surface area contributed by atoms with Crippen LogP contribution in [0, 0.1) is 0 Å². The summed E-state index contributed by atoms with van der Waals surface area (Å²) in [6.07, 6.45) is 0.401. The summed E-state index contributed by atoms with van der Waals surface area (Å²) in [6.45, 7) is 3.88. The van der Waals surface area contributed by atoms with E-state index in [9.17, 15) is 4.79 Å². The first kappa shape index (κ1) is 18.1. The van der Waals surface area contributed by atoms with Crippen LogP contribution in [0.5, 0.6) is 0 Å². The number of benzene rings is 2. The third-order valence-corrected chi connectivity index (χ3v) is 4.97. The topological polar surface area (TPSA) is 41.6 Å². The lowest BCUT2D eigenvalue weighted by atomic mass is 10.0. The molecule has 0 spiro atoms. The van der Waals surface area contributed by atoms with Crippen molar-refractivity contribution in [3.8, 4) is 0 Å². The van der Waals surface area contributed by atoms with Gasteiger partial charge in [0.05, 0.1) is 25.7 Å². The first-order valence-electron chi connectivity index (χ1n) is 8.60. The molecule has 0 radical (unpaired) electrons. The number of nitrogens with one attached hydrogen (secondary N) is 1. The molecule has 0 aromatic heterocycles. The third kappa shape index (κ3) is 5.39. The number of rotatable bonds is 6. The second-order valence-corrected chi connectivity index (χ2v) is 7.10. The van der Waals surface area contributed by atoms with E-state index in [4.69, 9.17) is 4.74 Å². The minimum Gasteiger partial charge on any atom is -0.379 e. The van der Waals surface area contributed by atoms with Gasteiger partial charge in [-0.25, -0.2) is 0 Å². The molecular formula is C20H23BrN2O2. The van der Waals surface area contributed by atoms with E-state index in [1.807, 2.05) is 42.5 Å². The van der Waals surface area contributed by atoms with Crippen LogP contribution < -0.4 is 5.32 Å². The zero-order chi connectivity index (χ0) is 17.5. The molecule has 1 atom stereocenters. The van der Waals surface area contributed by atoms with Gasteiger partial charge in [0.1, 0.15) is 0 Å². The normalized spacial score (nSPS) is 16.4. The molecule has 1 aliphatic rings. The number of ether oxygens (including phenoxy) is 1. The fourth-order valence-electron chi connectivity index (χ4n) is 3.08. The fourth-order valence-corrected chi connectivity index (χ4v) is 3.35. The summed E-state index contributed by atoms with van der Waals surface area (Å²) in [6, 6.07) is 18.4. The van der Waals surface area contributed by atoms with Gasteiger partial charge in [-0.2, -0.15) is 0 Å². The number of nitrogens with zero attached hydrogens (tertiary/aromatic N) is 1. The number of morpholine rings is 1. The van der Waals surface area contributed by atoms with E-state index in [2.05, 4.69) is 38.3 Å². The Labute approximate surface area is 157 Å². The smallest absolute Gasteiger partial charge is 0.224 e. The minimum absolute atomic E-state index is 0.0523. The molecule has 1 heterocycles. The maximum absolute atomic E-state index is 12.3. The van der Waals surface area contributed by atoms with Gasteiger partial charge < -0.3 is 10.1 Å². The second-order valence-electron chi connectivity index (χ2n) is 6.18. The second kappa shape index (κ2) is 9.13. The number of carbonyl (C=O) groups is 1. The van der Waals surface area contributed by atoms with E-state index >= 15 is 0 Å². The van der Waals surface area contributed by atoms with Gasteiger partial charge in [0, 0.05) is 24.1 Å². The molecule has 2 aromatic carbocycles. The average molecular weight is 403 g/mol. The molecule has 0 saturated carbocycles. The van der Waals surface area contributed by atoms with Gasteiger partial charge in [0.2, 0.25) is 5.91 Å². The average Bonchev–Trinajstić information content (AvgIpc) is 2.66. The number of hydrogen-bond acceptors (Lipinski definition) is 3. The maximum Gasteiger partial charge on any atom is 0.224 e. The number of amides is 1. The zero-order valence-corrected chi connectivity index (χ0v) is 15.7. The molecule has 2 aromatic rings. The van der Waals surface area contributed by atoms with E-state index < -0.39 is 0 Å². The van der Waals surface area contributed by atoms with Gasteiger partial charge in [-0.15, -0.1) is 0 Å². The highest BCUT2D eigenvalue weighted by Crippen LogP contribution is 2.21. The van der Waals surface area contributed by atoms with Crippen LogP contribution in [0.1, 0.15) is 17.2 Å². The summed E-state index contributed by atoms with van der Waals surface area (Å²) in [4.78, 5) is 14.7. The third-order valence-electron chi connectivity index (χ3n) is 4.44. The lowest BCUT2D eigenvalue weighted by molar-refractivity contribution is -0.120. The van der Waals surface area contributed by atoms with Gasteiger partial charge in [0.15, 0.2) is 0 Å². The van der Waals surface area contributed by atoms with E-state index in [1.165, 1.54) is 5.56 Å². The number of halogens is 1. The standard InChI is InChI=1S/C20H23BrN2O2/c21-18-8-6-16(7-9-18)14-20(24)22-15-19(17-4-2-1-3-5-17)23-10-12-25-13-11-23/h1-9,19H,10-15H2,(H,22,24). The predicted molar refractivity (Wildman–Crippen MR) is 102 cm³/mol. The Hall–Kier alpha value is -1.69. The Morgan fingerprint density at radius 1 is 1.08 bits per heavy atom. The zero-order valence-electron chi connectivity index (χ0n) is 14.2. The summed E-state index contributed by atoms with van der Waals surface area (Å²) in [7, 11) is 0. The van der Waals surface area contributed by atoms with Gasteiger partial charge in [0.25, 0.3) is 0 Å². The molecule has 132 valence electrons. The summed E-state index contributed by atoms with van der Waals surface area (Å²) in [5, 5.41) is 3.11. The van der Waals surface area contributed by atoms with Crippen molar-refractivity contribution in [3.05, 3.63) is 70.2 Å². The quantitative estimate of drug-likeness (QED) is 0.806. The Balaban J connectivity index is 1.61. The van der Waals surface area contributed by atoms with Crippen molar-refractivity contribution in [3.63, 3.8) is 0 Å². The summed E-state index contributed by atoms with van der Waals surface area (Å²) in [5.41, 5.74) is 2.25. The Morgan fingerprint density at radius 3 is 2.44 bits per heavy atom. The van der Waals surface area contributed by atoms with Crippen LogP contribution in [0.4, 0.5) is 0 Å². The predicted octanol–water partition coefficient (Wildman–Crippen LogP) is 3.18. The molecular weight excluding hydrogens is 380 g/mol. The Kier molecular flexibility index (Phi) is 6.62. The first-order valence-corrected chi connectivity index (χ1v) is 9.39. The van der Waals surface area contributed by atoms with Gasteiger partial charge in [-0.05, 0) is 23.3 Å². The molecule has 1 saturated heterocycles. The molecule has 25 heavy (non-hydrogen) atoms. The first-order chi connectivity index (χ1) is 12.2. The van der Waals surface area contributed by atoms with E-state index in [-0.39, 0.29) is 11.9 Å². The van der Waals surface area contributed by atoms with Crippen LogP contribution in [-0.2, 0) is 16.0 Å². The van der Waals surface area contributed by atoms with Crippen LogP contribution in [0.3, 0.4) is 0 Å². The van der Waals surface area contributed by atoms with Crippen molar-refractivity contribution in [2.75, 3.05) is 32.8 Å². The van der Waals surface area contributed by atoms with Crippen LogP contribution in [-0.4, -0.2) is 43.7 Å². The highest BCUT2D eigenvalue weighted by atomic mass is 79.9. The van der Waals surface area contributed by atoms with Crippen molar-refractivity contribution in [2.45, 2.75) is 12.5 Å². The summed E-state index contributed by atoms with van der Waals surface area (Å²) < 4.78 is 6.49. The highest BCUT2D eigenvalue weighted by Gasteiger charge is 2.23. The number of carbonyl (C=O) groups excluding carboxylic acids is 1. The Morgan fingerprint density at radius 2 is 1.76 bits per heavy atom. The summed E-state index contributed by atoms with van der Waals surface area (Å²) in [5.74, 6) is 0.0523. The van der Waals surface area contributed by atoms with E-state index in [1.54, 1.807) is 0 Å². The van der Waals surface area contributed by atoms with Gasteiger partial charge in [-0.1, -0.05) is 58.4 Å². The van der Waals surface area contributed by atoms with Gasteiger partial charge in [-0.3, -0.25) is 9.69 Å². The van der Waals surface area contributed by atoms with Crippen molar-refractivity contribution >= 4 is 21.8 Å². The molecule has 0 bridgehead atoms. The minimum atomic E-state index is 0.0523. The largest absolute Gasteiger partial charge is 0.379 e. The molecule has 1 amide bonds. The molecule has 0 aliphatic carbocycles. The van der Waals surface area contributed by atoms with E-state index in [0.717, 1.165) is 36.3 Å². The van der Waals surface area contributed by atoms with Crippen LogP contribution in [0.2, 0.25) is 0 Å². The lowest BCUT2D eigenvalue weighted by Crippen LogP contribution is -2.44. The van der Waals surface area contributed by atoms with Crippen molar-refractivity contribution in [1.29, 1.82) is 0 Å². The number of hydrogen-bond donors (Lipinski definition) is 1. The highest BCUT2D eigenvalue weighted by molar-refractivity contribution is 9.10. The lowest BCUT2D eigenvalue weighted by Gasteiger charge is -2.35. The van der Waals surface area contributed by atoms with Crippen LogP contribution in [0.15, 0.2) is 59.1 Å². The molecule has 1 N–H and O–H groups in total. The molecule has 4 nitrogen and oxygen atoms in total. The molecule has 1 unspecified atom stereocenters. The van der Waals surface area contributed by atoms with Crippen molar-refractivity contribution in [1.82, 2.24) is 10.2 Å². The maximum atomic E-state index is 12.3. The molecule has 1 fully saturated rings. The molecule has 5 heteroatoms. The van der Waals surface area contributed by atoms with Crippen LogP contribution >= 0.6 is 15.9 Å².